The van der Waals surface area contributed by atoms with E-state index in [4.69, 9.17) is 4.74 Å². The molecule has 6 nitrogen and oxygen atoms in total. The summed E-state index contributed by atoms with van der Waals surface area (Å²) < 4.78 is 5.20. The molecule has 122 valence electrons. The fourth-order valence-electron chi connectivity index (χ4n) is 2.91. The molecule has 0 radical (unpaired) electrons. The number of methoxy groups -OCH3 is 1. The van der Waals surface area contributed by atoms with Crippen molar-refractivity contribution in [2.24, 2.45) is 0 Å². The highest BCUT2D eigenvalue weighted by Gasteiger charge is 2.22. The Hall–Kier alpha value is -2.34. The minimum Gasteiger partial charge on any atom is -0.497 e. The molecule has 1 aliphatic rings. The van der Waals surface area contributed by atoms with Crippen LogP contribution in [-0.4, -0.2) is 36.3 Å². The lowest BCUT2D eigenvalue weighted by Crippen LogP contribution is -2.15. The first kappa shape index (κ1) is 15.6. The van der Waals surface area contributed by atoms with Crippen molar-refractivity contribution in [3.63, 3.8) is 0 Å². The summed E-state index contributed by atoms with van der Waals surface area (Å²) in [5.41, 5.74) is 2.91. The van der Waals surface area contributed by atoms with Gasteiger partial charge in [0.1, 0.15) is 5.75 Å². The molecule has 1 aromatic carbocycles. The summed E-state index contributed by atoms with van der Waals surface area (Å²) in [6, 6.07) is 7.80. The summed E-state index contributed by atoms with van der Waals surface area (Å²) in [4.78, 5) is 12.2. The number of nitrogens with one attached hydrogen (secondary N) is 3. The number of aromatic amines is 1. The maximum atomic E-state index is 12.2. The molecule has 1 aromatic heterocycles. The quantitative estimate of drug-likeness (QED) is 0.762. The summed E-state index contributed by atoms with van der Waals surface area (Å²) in [5.74, 6) is 1.21. The van der Waals surface area contributed by atoms with Crippen molar-refractivity contribution < 1.29 is 9.53 Å². The van der Waals surface area contributed by atoms with E-state index in [1.54, 1.807) is 13.3 Å². The molecule has 1 saturated heterocycles. The van der Waals surface area contributed by atoms with E-state index in [0.29, 0.717) is 18.8 Å². The minimum atomic E-state index is 0.00132. The van der Waals surface area contributed by atoms with Gasteiger partial charge in [0.15, 0.2) is 0 Å². The Labute approximate surface area is 135 Å². The number of nitrogens with zero attached hydrogens (tertiary/aromatic N) is 1. The van der Waals surface area contributed by atoms with Crippen LogP contribution in [0.1, 0.15) is 30.0 Å². The van der Waals surface area contributed by atoms with Gasteiger partial charge in [-0.05, 0) is 37.1 Å². The standard InChI is InChI=1S/C17H22N4O2/c1-23-14-4-2-3-12(9-14)5-6-16(22)20-15-11-19-21-17(15)13-7-8-18-10-13/h2-4,9,11,13,18H,5-8,10H2,1H3,(H,19,21)(H,20,22). The number of hydrogen-bond donors (Lipinski definition) is 3. The topological polar surface area (TPSA) is 79.0 Å². The molecule has 2 aromatic rings. The molecule has 0 aliphatic carbocycles. The molecular weight excluding hydrogens is 292 g/mol. The molecular formula is C17H22N4O2. The van der Waals surface area contributed by atoms with Gasteiger partial charge in [-0.2, -0.15) is 5.10 Å². The van der Waals surface area contributed by atoms with Crippen LogP contribution in [0.4, 0.5) is 5.69 Å². The van der Waals surface area contributed by atoms with Crippen LogP contribution in [0.3, 0.4) is 0 Å². The van der Waals surface area contributed by atoms with E-state index in [-0.39, 0.29) is 5.91 Å². The SMILES string of the molecule is COc1cccc(CCC(=O)Nc2cn[nH]c2C2CCNC2)c1. The zero-order valence-electron chi connectivity index (χ0n) is 13.3. The molecule has 0 spiro atoms. The van der Waals surface area contributed by atoms with Crippen molar-refractivity contribution in [2.75, 3.05) is 25.5 Å². The summed E-state index contributed by atoms with van der Waals surface area (Å²) in [5, 5.41) is 13.4. The Kier molecular flexibility index (Phi) is 4.92. The number of anilines is 1. The monoisotopic (exact) mass is 314 g/mol. The van der Waals surface area contributed by atoms with Gasteiger partial charge in [0, 0.05) is 18.9 Å². The zero-order valence-corrected chi connectivity index (χ0v) is 13.3. The molecule has 1 aliphatic heterocycles. The zero-order chi connectivity index (χ0) is 16.1. The maximum Gasteiger partial charge on any atom is 0.224 e. The molecule has 0 saturated carbocycles. The Morgan fingerprint density at radius 1 is 1.48 bits per heavy atom. The van der Waals surface area contributed by atoms with Gasteiger partial charge in [-0.1, -0.05) is 12.1 Å². The van der Waals surface area contributed by atoms with E-state index >= 15 is 0 Å². The molecule has 6 heteroatoms. The lowest BCUT2D eigenvalue weighted by atomic mass is 10.0. The minimum absolute atomic E-state index is 0.00132. The van der Waals surface area contributed by atoms with Crippen molar-refractivity contribution >= 4 is 11.6 Å². The number of ether oxygens (including phenoxy) is 1. The van der Waals surface area contributed by atoms with Gasteiger partial charge >= 0.3 is 0 Å². The maximum absolute atomic E-state index is 12.2. The molecule has 3 N–H and O–H groups in total. The number of aryl methyl sites for hydroxylation is 1. The van der Waals surface area contributed by atoms with Crippen LogP contribution in [0.2, 0.25) is 0 Å². The van der Waals surface area contributed by atoms with Crippen molar-refractivity contribution in [1.29, 1.82) is 0 Å². The fraction of sp³-hybridized carbons (Fsp3) is 0.412. The van der Waals surface area contributed by atoms with Crippen LogP contribution in [0, 0.1) is 0 Å². The van der Waals surface area contributed by atoms with Crippen molar-refractivity contribution in [1.82, 2.24) is 15.5 Å². The van der Waals surface area contributed by atoms with Crippen LogP contribution in [0.15, 0.2) is 30.5 Å². The Morgan fingerprint density at radius 3 is 3.17 bits per heavy atom. The number of amides is 1. The third-order valence-corrected chi connectivity index (χ3v) is 4.19. The van der Waals surface area contributed by atoms with Gasteiger partial charge in [-0.3, -0.25) is 9.89 Å². The normalized spacial score (nSPS) is 17.2. The molecule has 23 heavy (non-hydrogen) atoms. The first-order chi connectivity index (χ1) is 11.3. The second kappa shape index (κ2) is 7.28. The van der Waals surface area contributed by atoms with Gasteiger partial charge in [0.2, 0.25) is 5.91 Å². The largest absolute Gasteiger partial charge is 0.497 e. The smallest absolute Gasteiger partial charge is 0.224 e. The molecule has 1 amide bonds. The second-order valence-electron chi connectivity index (χ2n) is 5.79. The van der Waals surface area contributed by atoms with Gasteiger partial charge in [-0.15, -0.1) is 0 Å². The van der Waals surface area contributed by atoms with Crippen molar-refractivity contribution in [2.45, 2.75) is 25.2 Å². The van der Waals surface area contributed by atoms with Gasteiger partial charge < -0.3 is 15.4 Å². The third-order valence-electron chi connectivity index (χ3n) is 4.19. The Bertz CT molecular complexity index is 662. The number of carbonyl (C=O) groups excluding carboxylic acids is 1. The molecule has 0 bridgehead atoms. The summed E-state index contributed by atoms with van der Waals surface area (Å²) in [6.07, 6.45) is 3.87. The summed E-state index contributed by atoms with van der Waals surface area (Å²) >= 11 is 0. The fourth-order valence-corrected chi connectivity index (χ4v) is 2.91. The second-order valence-corrected chi connectivity index (χ2v) is 5.79. The highest BCUT2D eigenvalue weighted by atomic mass is 16.5. The molecule has 1 unspecified atom stereocenters. The van der Waals surface area contributed by atoms with Crippen molar-refractivity contribution in [3.05, 3.63) is 41.7 Å². The molecule has 2 heterocycles. The van der Waals surface area contributed by atoms with E-state index in [2.05, 4.69) is 20.8 Å². The summed E-state index contributed by atoms with van der Waals surface area (Å²) in [6.45, 7) is 1.93. The number of carbonyl (C=O) groups is 1. The number of aromatic nitrogens is 2. The van der Waals surface area contributed by atoms with E-state index in [1.807, 2.05) is 24.3 Å². The van der Waals surface area contributed by atoms with E-state index < -0.39 is 0 Å². The first-order valence-corrected chi connectivity index (χ1v) is 7.93. The number of H-pyrrole nitrogens is 1. The summed E-state index contributed by atoms with van der Waals surface area (Å²) in [7, 11) is 1.64. The van der Waals surface area contributed by atoms with Crippen LogP contribution >= 0.6 is 0 Å². The van der Waals surface area contributed by atoms with Crippen LogP contribution in [0.5, 0.6) is 5.75 Å². The van der Waals surface area contributed by atoms with Gasteiger partial charge in [0.25, 0.3) is 0 Å². The number of rotatable bonds is 6. The number of hydrogen-bond acceptors (Lipinski definition) is 4. The predicted octanol–water partition coefficient (Wildman–Crippen LogP) is 2.07. The first-order valence-electron chi connectivity index (χ1n) is 7.93. The van der Waals surface area contributed by atoms with Gasteiger partial charge in [0.05, 0.1) is 24.7 Å². The predicted molar refractivity (Wildman–Crippen MR) is 88.8 cm³/mol. The number of benzene rings is 1. The van der Waals surface area contributed by atoms with E-state index in [0.717, 1.165) is 42.2 Å². The lowest BCUT2D eigenvalue weighted by Gasteiger charge is -2.10. The van der Waals surface area contributed by atoms with Gasteiger partial charge in [-0.25, -0.2) is 0 Å². The average Bonchev–Trinajstić information content (AvgIpc) is 3.24. The van der Waals surface area contributed by atoms with Crippen LogP contribution in [-0.2, 0) is 11.2 Å². The Balaban J connectivity index is 1.56. The lowest BCUT2D eigenvalue weighted by molar-refractivity contribution is -0.116. The molecule has 3 rings (SSSR count). The van der Waals surface area contributed by atoms with Crippen LogP contribution in [0.25, 0.3) is 0 Å². The van der Waals surface area contributed by atoms with E-state index in [1.165, 1.54) is 0 Å². The Morgan fingerprint density at radius 2 is 2.39 bits per heavy atom. The third kappa shape index (κ3) is 3.90. The highest BCUT2D eigenvalue weighted by molar-refractivity contribution is 5.91. The van der Waals surface area contributed by atoms with Crippen molar-refractivity contribution in [3.8, 4) is 5.75 Å². The van der Waals surface area contributed by atoms with Crippen LogP contribution < -0.4 is 15.4 Å². The molecule has 1 fully saturated rings. The van der Waals surface area contributed by atoms with E-state index in [9.17, 15) is 4.79 Å². The molecule has 1 atom stereocenters. The highest BCUT2D eigenvalue weighted by Crippen LogP contribution is 2.26. The average molecular weight is 314 g/mol.